The van der Waals surface area contributed by atoms with E-state index in [9.17, 15) is 14.4 Å². The van der Waals surface area contributed by atoms with Crippen LogP contribution in [0.15, 0.2) is 30.3 Å². The van der Waals surface area contributed by atoms with Crippen molar-refractivity contribution in [2.45, 2.75) is 20.8 Å². The van der Waals surface area contributed by atoms with Crippen LogP contribution < -0.4 is 23.7 Å². The number of benzene rings is 3. The highest BCUT2D eigenvalue weighted by Gasteiger charge is 2.22. The van der Waals surface area contributed by atoms with E-state index in [0.29, 0.717) is 27.3 Å². The summed E-state index contributed by atoms with van der Waals surface area (Å²) in [5, 5.41) is 2.50. The summed E-state index contributed by atoms with van der Waals surface area (Å²) in [7, 11) is 2.91. The first-order chi connectivity index (χ1) is 14.2. The Balaban J connectivity index is 2.45. The second-order valence-electron chi connectivity index (χ2n) is 6.41. The van der Waals surface area contributed by atoms with Crippen LogP contribution in [-0.4, -0.2) is 32.1 Å². The standard InChI is InChI=1S/C22H20O8/c1-11(23)28-17-8-14-6-7-15-9-19(26-4)21(27-5)22(30-13(3)25)20(15)16(14)10-18(17)29-12(2)24/h6-10H,1-5H3. The largest absolute Gasteiger partial charge is 0.493 e. The van der Waals surface area contributed by atoms with Crippen LogP contribution in [-0.2, 0) is 14.4 Å². The smallest absolute Gasteiger partial charge is 0.308 e. The van der Waals surface area contributed by atoms with Crippen molar-refractivity contribution in [2.75, 3.05) is 14.2 Å². The second kappa shape index (κ2) is 8.28. The van der Waals surface area contributed by atoms with Gasteiger partial charge >= 0.3 is 17.9 Å². The molecule has 0 atom stereocenters. The molecule has 30 heavy (non-hydrogen) atoms. The molecule has 0 fully saturated rings. The van der Waals surface area contributed by atoms with Crippen LogP contribution in [0.1, 0.15) is 20.8 Å². The van der Waals surface area contributed by atoms with Crippen molar-refractivity contribution >= 4 is 39.5 Å². The summed E-state index contributed by atoms with van der Waals surface area (Å²) in [6.45, 7) is 3.76. The Morgan fingerprint density at radius 1 is 0.633 bits per heavy atom. The van der Waals surface area contributed by atoms with Crippen LogP contribution in [0.5, 0.6) is 28.7 Å². The lowest BCUT2D eigenvalue weighted by Gasteiger charge is -2.17. The summed E-state index contributed by atoms with van der Waals surface area (Å²) in [5.41, 5.74) is 0. The van der Waals surface area contributed by atoms with Gasteiger partial charge in [0.1, 0.15) is 0 Å². The molecule has 0 saturated heterocycles. The molecule has 0 aliphatic rings. The highest BCUT2D eigenvalue weighted by atomic mass is 16.6. The Bertz CT molecular complexity index is 1180. The molecule has 0 heterocycles. The van der Waals surface area contributed by atoms with Crippen molar-refractivity contribution in [1.82, 2.24) is 0 Å². The predicted octanol–water partition coefficient (Wildman–Crippen LogP) is 3.79. The molecule has 0 spiro atoms. The number of carbonyl (C=O) groups excluding carboxylic acids is 3. The molecule has 156 valence electrons. The highest BCUT2D eigenvalue weighted by molar-refractivity contribution is 6.13. The number of methoxy groups -OCH3 is 2. The fourth-order valence-electron chi connectivity index (χ4n) is 3.21. The van der Waals surface area contributed by atoms with Gasteiger partial charge < -0.3 is 23.7 Å². The third-order valence-electron chi connectivity index (χ3n) is 4.24. The number of hydrogen-bond acceptors (Lipinski definition) is 8. The summed E-state index contributed by atoms with van der Waals surface area (Å²) in [6, 6.07) is 8.46. The van der Waals surface area contributed by atoms with Crippen molar-refractivity contribution in [3.05, 3.63) is 30.3 Å². The molecule has 0 bridgehead atoms. The molecule has 0 N–H and O–H groups in total. The Morgan fingerprint density at radius 2 is 1.17 bits per heavy atom. The van der Waals surface area contributed by atoms with Gasteiger partial charge in [-0.3, -0.25) is 14.4 Å². The molecule has 3 aromatic rings. The third kappa shape index (κ3) is 3.98. The third-order valence-corrected chi connectivity index (χ3v) is 4.24. The van der Waals surface area contributed by atoms with Gasteiger partial charge in [0.25, 0.3) is 0 Å². The second-order valence-corrected chi connectivity index (χ2v) is 6.41. The van der Waals surface area contributed by atoms with E-state index in [2.05, 4.69) is 0 Å². The van der Waals surface area contributed by atoms with E-state index in [-0.39, 0.29) is 23.0 Å². The van der Waals surface area contributed by atoms with Crippen molar-refractivity contribution < 1.29 is 38.1 Å². The Kier molecular flexibility index (Phi) is 5.77. The summed E-state index contributed by atoms with van der Waals surface area (Å²) in [6.07, 6.45) is 0. The highest BCUT2D eigenvalue weighted by Crippen LogP contribution is 2.47. The zero-order valence-electron chi connectivity index (χ0n) is 17.2. The monoisotopic (exact) mass is 412 g/mol. The van der Waals surface area contributed by atoms with E-state index in [1.807, 2.05) is 0 Å². The lowest BCUT2D eigenvalue weighted by Crippen LogP contribution is -2.07. The van der Waals surface area contributed by atoms with Crippen molar-refractivity contribution in [3.63, 3.8) is 0 Å². The summed E-state index contributed by atoms with van der Waals surface area (Å²) in [5.74, 6) is -0.739. The minimum absolute atomic E-state index is 0.0567. The lowest BCUT2D eigenvalue weighted by atomic mass is 9.99. The van der Waals surface area contributed by atoms with Crippen LogP contribution in [0, 0.1) is 0 Å². The van der Waals surface area contributed by atoms with Crippen molar-refractivity contribution in [1.29, 1.82) is 0 Å². The molecule has 8 heteroatoms. The molecule has 0 aliphatic carbocycles. The van der Waals surface area contributed by atoms with E-state index in [0.717, 1.165) is 0 Å². The van der Waals surface area contributed by atoms with E-state index < -0.39 is 17.9 Å². The van der Waals surface area contributed by atoms with Gasteiger partial charge in [-0.05, 0) is 34.4 Å². The van der Waals surface area contributed by atoms with Crippen LogP contribution in [0.3, 0.4) is 0 Å². The number of fused-ring (bicyclic) bond motifs is 3. The summed E-state index contributed by atoms with van der Waals surface area (Å²) < 4.78 is 26.7. The number of carbonyl (C=O) groups is 3. The maximum absolute atomic E-state index is 11.8. The topological polar surface area (TPSA) is 97.4 Å². The lowest BCUT2D eigenvalue weighted by molar-refractivity contribution is -0.134. The molecule has 0 radical (unpaired) electrons. The first-order valence-electron chi connectivity index (χ1n) is 8.95. The molecule has 0 aliphatic heterocycles. The molecule has 8 nitrogen and oxygen atoms in total. The minimum Gasteiger partial charge on any atom is -0.493 e. The van der Waals surface area contributed by atoms with Crippen LogP contribution in [0.4, 0.5) is 0 Å². The zero-order valence-corrected chi connectivity index (χ0v) is 17.2. The first-order valence-corrected chi connectivity index (χ1v) is 8.95. The van der Waals surface area contributed by atoms with Gasteiger partial charge in [-0.2, -0.15) is 0 Å². The number of esters is 3. The SMILES string of the molecule is COc1cc2ccc3cc(OC(C)=O)c(OC(C)=O)cc3c2c(OC(C)=O)c1OC. The van der Waals surface area contributed by atoms with Crippen molar-refractivity contribution in [2.24, 2.45) is 0 Å². The summed E-state index contributed by atoms with van der Waals surface area (Å²) >= 11 is 0. The normalized spacial score (nSPS) is 10.6. The fraction of sp³-hybridized carbons (Fsp3) is 0.227. The predicted molar refractivity (Wildman–Crippen MR) is 108 cm³/mol. The quantitative estimate of drug-likeness (QED) is 0.355. The van der Waals surface area contributed by atoms with Gasteiger partial charge in [-0.1, -0.05) is 12.1 Å². The Morgan fingerprint density at radius 3 is 1.70 bits per heavy atom. The zero-order chi connectivity index (χ0) is 22.0. The Hall–Kier alpha value is -3.81. The average molecular weight is 412 g/mol. The van der Waals surface area contributed by atoms with Crippen LogP contribution in [0.25, 0.3) is 21.5 Å². The van der Waals surface area contributed by atoms with Gasteiger partial charge in [-0.25, -0.2) is 0 Å². The van der Waals surface area contributed by atoms with Crippen molar-refractivity contribution in [3.8, 4) is 28.7 Å². The van der Waals surface area contributed by atoms with E-state index in [1.54, 1.807) is 30.3 Å². The molecular weight excluding hydrogens is 392 g/mol. The molecular formula is C22H20O8. The molecule has 0 unspecified atom stereocenters. The van der Waals surface area contributed by atoms with Crippen LogP contribution in [0.2, 0.25) is 0 Å². The van der Waals surface area contributed by atoms with Crippen LogP contribution >= 0.6 is 0 Å². The number of hydrogen-bond donors (Lipinski definition) is 0. The number of ether oxygens (including phenoxy) is 5. The minimum atomic E-state index is -0.581. The first kappa shape index (κ1) is 20.9. The maximum atomic E-state index is 11.8. The molecule has 0 amide bonds. The molecule has 0 aromatic heterocycles. The Labute approximate surface area is 172 Å². The van der Waals surface area contributed by atoms with E-state index >= 15 is 0 Å². The molecule has 3 rings (SSSR count). The summed E-state index contributed by atoms with van der Waals surface area (Å²) in [4.78, 5) is 34.9. The maximum Gasteiger partial charge on any atom is 0.308 e. The molecule has 0 saturated carbocycles. The van der Waals surface area contributed by atoms with Gasteiger partial charge in [-0.15, -0.1) is 0 Å². The van der Waals surface area contributed by atoms with Gasteiger partial charge in [0.05, 0.1) is 14.2 Å². The van der Waals surface area contributed by atoms with Gasteiger partial charge in [0.15, 0.2) is 23.0 Å². The fourth-order valence-corrected chi connectivity index (χ4v) is 3.21. The van der Waals surface area contributed by atoms with Gasteiger partial charge in [0, 0.05) is 26.2 Å². The molecule has 3 aromatic carbocycles. The van der Waals surface area contributed by atoms with E-state index in [4.69, 9.17) is 23.7 Å². The average Bonchev–Trinajstić information content (AvgIpc) is 2.66. The van der Waals surface area contributed by atoms with Gasteiger partial charge in [0.2, 0.25) is 5.75 Å². The number of rotatable bonds is 5. The van der Waals surface area contributed by atoms with E-state index in [1.165, 1.54) is 35.0 Å².